The van der Waals surface area contributed by atoms with Crippen LogP contribution < -0.4 is 11.1 Å². The second kappa shape index (κ2) is 5.54. The third-order valence-electron chi connectivity index (χ3n) is 3.28. The summed E-state index contributed by atoms with van der Waals surface area (Å²) in [6, 6.07) is 11.8. The SMILES string of the molecule is Cc1ccc(CNC(=O)c2sc3ncccc3c2N)cc1. The largest absolute Gasteiger partial charge is 0.397 e. The number of thiophene rings is 1. The van der Waals surface area contributed by atoms with E-state index in [0.717, 1.165) is 15.8 Å². The van der Waals surface area contributed by atoms with Crippen LogP contribution in [0.25, 0.3) is 10.2 Å². The molecule has 21 heavy (non-hydrogen) atoms. The first-order chi connectivity index (χ1) is 10.1. The van der Waals surface area contributed by atoms with Gasteiger partial charge in [-0.2, -0.15) is 0 Å². The number of rotatable bonds is 3. The molecule has 2 aromatic heterocycles. The maximum atomic E-state index is 12.3. The average molecular weight is 297 g/mol. The quantitative estimate of drug-likeness (QED) is 0.780. The summed E-state index contributed by atoms with van der Waals surface area (Å²) in [5.74, 6) is -0.156. The first-order valence-corrected chi connectivity index (χ1v) is 7.43. The summed E-state index contributed by atoms with van der Waals surface area (Å²) in [4.78, 5) is 17.8. The number of fused-ring (bicyclic) bond motifs is 1. The molecule has 2 heterocycles. The Morgan fingerprint density at radius 1 is 1.29 bits per heavy atom. The fraction of sp³-hybridized carbons (Fsp3) is 0.125. The molecule has 0 spiro atoms. The Kier molecular flexibility index (Phi) is 3.58. The van der Waals surface area contributed by atoms with Gasteiger partial charge in [0.15, 0.2) is 0 Å². The summed E-state index contributed by atoms with van der Waals surface area (Å²) in [6.07, 6.45) is 1.70. The topological polar surface area (TPSA) is 68.0 Å². The van der Waals surface area contributed by atoms with Crippen molar-refractivity contribution in [1.82, 2.24) is 10.3 Å². The van der Waals surface area contributed by atoms with E-state index in [1.807, 2.05) is 43.3 Å². The van der Waals surface area contributed by atoms with E-state index in [2.05, 4.69) is 10.3 Å². The summed E-state index contributed by atoms with van der Waals surface area (Å²) in [5.41, 5.74) is 8.80. The van der Waals surface area contributed by atoms with Gasteiger partial charge in [-0.05, 0) is 24.6 Å². The number of carbonyl (C=O) groups is 1. The van der Waals surface area contributed by atoms with Crippen molar-refractivity contribution in [3.8, 4) is 0 Å². The molecule has 0 atom stereocenters. The summed E-state index contributed by atoms with van der Waals surface area (Å²) in [6.45, 7) is 2.52. The Hall–Kier alpha value is -2.40. The number of hydrogen-bond donors (Lipinski definition) is 2. The fourth-order valence-corrected chi connectivity index (χ4v) is 3.07. The molecule has 0 aliphatic rings. The lowest BCUT2D eigenvalue weighted by atomic mass is 10.1. The fourth-order valence-electron chi connectivity index (χ4n) is 2.09. The monoisotopic (exact) mass is 297 g/mol. The predicted molar refractivity (Wildman–Crippen MR) is 86.4 cm³/mol. The Balaban J connectivity index is 1.78. The van der Waals surface area contributed by atoms with Crippen LogP contribution in [0.5, 0.6) is 0 Å². The van der Waals surface area contributed by atoms with E-state index < -0.39 is 0 Å². The van der Waals surface area contributed by atoms with Crippen LogP contribution in [0.2, 0.25) is 0 Å². The van der Waals surface area contributed by atoms with Gasteiger partial charge in [0.05, 0.1) is 5.69 Å². The highest BCUT2D eigenvalue weighted by Gasteiger charge is 2.16. The molecule has 0 aliphatic carbocycles. The minimum absolute atomic E-state index is 0.156. The first kappa shape index (κ1) is 13.6. The van der Waals surface area contributed by atoms with Crippen LogP contribution in [0.15, 0.2) is 42.6 Å². The van der Waals surface area contributed by atoms with Crippen LogP contribution in [0.4, 0.5) is 5.69 Å². The number of pyridine rings is 1. The van der Waals surface area contributed by atoms with E-state index in [4.69, 9.17) is 5.73 Å². The van der Waals surface area contributed by atoms with Crippen LogP contribution in [-0.2, 0) is 6.54 Å². The third-order valence-corrected chi connectivity index (χ3v) is 4.41. The minimum atomic E-state index is -0.156. The number of anilines is 1. The number of amides is 1. The van der Waals surface area contributed by atoms with Crippen molar-refractivity contribution in [3.63, 3.8) is 0 Å². The number of nitrogen functional groups attached to an aromatic ring is 1. The molecule has 0 unspecified atom stereocenters. The molecule has 106 valence electrons. The maximum absolute atomic E-state index is 12.3. The van der Waals surface area contributed by atoms with Crippen molar-refractivity contribution in [3.05, 3.63) is 58.6 Å². The average Bonchev–Trinajstić information content (AvgIpc) is 2.84. The molecule has 3 aromatic rings. The normalized spacial score (nSPS) is 10.7. The zero-order chi connectivity index (χ0) is 14.8. The zero-order valence-electron chi connectivity index (χ0n) is 11.6. The van der Waals surface area contributed by atoms with Gasteiger partial charge in [0.1, 0.15) is 9.71 Å². The van der Waals surface area contributed by atoms with Crippen molar-refractivity contribution < 1.29 is 4.79 Å². The second-order valence-corrected chi connectivity index (χ2v) is 5.87. The van der Waals surface area contributed by atoms with E-state index in [-0.39, 0.29) is 5.91 Å². The number of nitrogens with one attached hydrogen (secondary N) is 1. The lowest BCUT2D eigenvalue weighted by Gasteiger charge is -2.05. The van der Waals surface area contributed by atoms with E-state index in [1.54, 1.807) is 6.20 Å². The molecular weight excluding hydrogens is 282 g/mol. The molecule has 4 nitrogen and oxygen atoms in total. The molecular formula is C16H15N3OS. The first-order valence-electron chi connectivity index (χ1n) is 6.62. The highest BCUT2D eigenvalue weighted by Crippen LogP contribution is 2.31. The number of nitrogens with two attached hydrogens (primary N) is 1. The number of hydrogen-bond acceptors (Lipinski definition) is 4. The standard InChI is InChI=1S/C16H15N3OS/c1-10-4-6-11(7-5-10)9-19-15(20)14-13(17)12-3-2-8-18-16(12)21-14/h2-8H,9,17H2,1H3,(H,19,20). The molecule has 0 radical (unpaired) electrons. The second-order valence-electron chi connectivity index (χ2n) is 4.87. The zero-order valence-corrected chi connectivity index (χ0v) is 12.4. The van der Waals surface area contributed by atoms with Crippen LogP contribution in [0.1, 0.15) is 20.8 Å². The maximum Gasteiger partial charge on any atom is 0.263 e. The molecule has 0 aliphatic heterocycles. The Morgan fingerprint density at radius 3 is 2.76 bits per heavy atom. The van der Waals surface area contributed by atoms with Gasteiger partial charge in [-0.15, -0.1) is 11.3 Å². The van der Waals surface area contributed by atoms with Gasteiger partial charge in [-0.1, -0.05) is 29.8 Å². The Bertz CT molecular complexity index is 793. The molecule has 3 rings (SSSR count). The van der Waals surface area contributed by atoms with Crippen molar-refractivity contribution >= 4 is 33.1 Å². The lowest BCUT2D eigenvalue weighted by Crippen LogP contribution is -2.22. The Labute approximate surface area is 126 Å². The summed E-state index contributed by atoms with van der Waals surface area (Å²) in [5, 5.41) is 3.74. The summed E-state index contributed by atoms with van der Waals surface area (Å²) >= 11 is 1.32. The van der Waals surface area contributed by atoms with E-state index >= 15 is 0 Å². The van der Waals surface area contributed by atoms with Crippen LogP contribution in [-0.4, -0.2) is 10.9 Å². The molecule has 1 amide bonds. The minimum Gasteiger partial charge on any atom is -0.397 e. The van der Waals surface area contributed by atoms with E-state index in [9.17, 15) is 4.79 Å². The number of carbonyl (C=O) groups excluding carboxylic acids is 1. The van der Waals surface area contributed by atoms with Crippen LogP contribution >= 0.6 is 11.3 Å². The number of aryl methyl sites for hydroxylation is 1. The number of aromatic nitrogens is 1. The van der Waals surface area contributed by atoms with Crippen molar-refractivity contribution in [2.75, 3.05) is 5.73 Å². The highest BCUT2D eigenvalue weighted by atomic mass is 32.1. The molecule has 0 saturated heterocycles. The van der Waals surface area contributed by atoms with Crippen LogP contribution in [0.3, 0.4) is 0 Å². The molecule has 0 fully saturated rings. The van der Waals surface area contributed by atoms with Gasteiger partial charge in [0.2, 0.25) is 0 Å². The summed E-state index contributed by atoms with van der Waals surface area (Å²) in [7, 11) is 0. The van der Waals surface area contributed by atoms with Gasteiger partial charge >= 0.3 is 0 Å². The molecule has 0 saturated carbocycles. The highest BCUT2D eigenvalue weighted by molar-refractivity contribution is 7.21. The van der Waals surface area contributed by atoms with Crippen molar-refractivity contribution in [2.24, 2.45) is 0 Å². The van der Waals surface area contributed by atoms with Gasteiger partial charge in [-0.3, -0.25) is 4.79 Å². The van der Waals surface area contributed by atoms with E-state index in [1.165, 1.54) is 16.9 Å². The summed E-state index contributed by atoms with van der Waals surface area (Å²) < 4.78 is 0. The molecule has 3 N–H and O–H groups in total. The van der Waals surface area contributed by atoms with Gasteiger partial charge in [-0.25, -0.2) is 4.98 Å². The molecule has 1 aromatic carbocycles. The van der Waals surface area contributed by atoms with Gasteiger partial charge in [0.25, 0.3) is 5.91 Å². The number of benzene rings is 1. The number of nitrogens with zero attached hydrogens (tertiary/aromatic N) is 1. The van der Waals surface area contributed by atoms with E-state index in [0.29, 0.717) is 17.1 Å². The lowest BCUT2D eigenvalue weighted by molar-refractivity contribution is 0.0956. The third kappa shape index (κ3) is 2.73. The predicted octanol–water partition coefficient (Wildman–Crippen LogP) is 3.12. The van der Waals surface area contributed by atoms with Crippen molar-refractivity contribution in [2.45, 2.75) is 13.5 Å². The molecule has 5 heteroatoms. The van der Waals surface area contributed by atoms with Gasteiger partial charge in [0, 0.05) is 18.1 Å². The smallest absolute Gasteiger partial charge is 0.263 e. The van der Waals surface area contributed by atoms with Crippen LogP contribution in [0, 0.1) is 6.92 Å². The van der Waals surface area contributed by atoms with Gasteiger partial charge < -0.3 is 11.1 Å². The van der Waals surface area contributed by atoms with Crippen molar-refractivity contribution in [1.29, 1.82) is 0 Å². The Morgan fingerprint density at radius 2 is 2.05 bits per heavy atom. The molecule has 0 bridgehead atoms.